The maximum Gasteiger partial charge on any atom is 0.191 e. The fourth-order valence-electron chi connectivity index (χ4n) is 2.91. The lowest BCUT2D eigenvalue weighted by Gasteiger charge is -2.29. The maximum atomic E-state index is 14.0. The quantitative estimate of drug-likeness (QED) is 0.383. The van der Waals surface area contributed by atoms with Crippen molar-refractivity contribution in [1.82, 2.24) is 10.6 Å². The molecule has 0 aliphatic heterocycles. The molecule has 0 aromatic heterocycles. The summed E-state index contributed by atoms with van der Waals surface area (Å²) in [6, 6.07) is 6.87. The molecule has 0 spiro atoms. The number of aliphatic imine (C=N–C) groups is 1. The van der Waals surface area contributed by atoms with Crippen LogP contribution in [0.15, 0.2) is 23.2 Å². The molecule has 0 radical (unpaired) electrons. The van der Waals surface area contributed by atoms with Gasteiger partial charge >= 0.3 is 0 Å². The summed E-state index contributed by atoms with van der Waals surface area (Å²) in [5.74, 6) is 0.349. The van der Waals surface area contributed by atoms with Crippen LogP contribution in [-0.4, -0.2) is 30.1 Å². The van der Waals surface area contributed by atoms with Crippen LogP contribution >= 0.6 is 35.7 Å². The monoisotopic (exact) mass is 476 g/mol. The van der Waals surface area contributed by atoms with Crippen molar-refractivity contribution in [1.29, 1.82) is 5.26 Å². The predicted molar refractivity (Wildman–Crippen MR) is 114 cm³/mol. The first-order chi connectivity index (χ1) is 11.7. The summed E-state index contributed by atoms with van der Waals surface area (Å²) in [6.07, 6.45) is 6.96. The molecule has 1 aliphatic carbocycles. The first kappa shape index (κ1) is 22.0. The van der Waals surface area contributed by atoms with Crippen LogP contribution in [0.25, 0.3) is 0 Å². The van der Waals surface area contributed by atoms with Gasteiger partial charge in [0.1, 0.15) is 5.82 Å². The number of halogens is 2. The minimum atomic E-state index is -0.381. The van der Waals surface area contributed by atoms with Gasteiger partial charge in [-0.2, -0.15) is 17.0 Å². The number of nitriles is 1. The van der Waals surface area contributed by atoms with Crippen LogP contribution in [0, 0.1) is 17.1 Å². The Bertz CT molecular complexity index is 618. The molecule has 25 heavy (non-hydrogen) atoms. The molecule has 1 aromatic carbocycles. The topological polar surface area (TPSA) is 60.2 Å². The van der Waals surface area contributed by atoms with E-state index in [0.717, 1.165) is 25.3 Å². The van der Waals surface area contributed by atoms with E-state index in [1.807, 2.05) is 24.8 Å². The summed E-state index contributed by atoms with van der Waals surface area (Å²) in [5, 5.41) is 16.2. The minimum Gasteiger partial charge on any atom is -0.357 e. The largest absolute Gasteiger partial charge is 0.357 e. The number of nitrogens with zero attached hydrogens (tertiary/aromatic N) is 2. The van der Waals surface area contributed by atoms with Crippen molar-refractivity contribution < 1.29 is 4.39 Å². The summed E-state index contributed by atoms with van der Waals surface area (Å²) in [4.78, 5) is 4.51. The van der Waals surface area contributed by atoms with Crippen LogP contribution in [-0.2, 0) is 6.54 Å². The number of guanidine groups is 1. The number of hydrogen-bond acceptors (Lipinski definition) is 3. The Morgan fingerprint density at radius 1 is 1.44 bits per heavy atom. The highest BCUT2D eigenvalue weighted by atomic mass is 127. The molecular formula is C18H26FIN4S. The predicted octanol–water partition coefficient (Wildman–Crippen LogP) is 4.04. The molecule has 1 aliphatic rings. The number of benzene rings is 1. The van der Waals surface area contributed by atoms with E-state index in [-0.39, 0.29) is 36.3 Å². The molecule has 2 rings (SSSR count). The van der Waals surface area contributed by atoms with Crippen LogP contribution in [0.4, 0.5) is 4.39 Å². The van der Waals surface area contributed by atoms with Gasteiger partial charge in [0.25, 0.3) is 0 Å². The van der Waals surface area contributed by atoms with Crippen molar-refractivity contribution >= 4 is 41.7 Å². The van der Waals surface area contributed by atoms with Gasteiger partial charge in [0, 0.05) is 23.4 Å². The zero-order valence-corrected chi connectivity index (χ0v) is 17.9. The van der Waals surface area contributed by atoms with E-state index in [0.29, 0.717) is 22.4 Å². The number of thioether (sulfide) groups is 1. The van der Waals surface area contributed by atoms with Crippen LogP contribution in [0.5, 0.6) is 0 Å². The van der Waals surface area contributed by atoms with Crippen molar-refractivity contribution in [2.24, 2.45) is 4.99 Å². The highest BCUT2D eigenvalue weighted by molar-refractivity contribution is 14.0. The highest BCUT2D eigenvalue weighted by Crippen LogP contribution is 2.26. The second kappa shape index (κ2) is 11.6. The van der Waals surface area contributed by atoms with Gasteiger partial charge in [-0.1, -0.05) is 12.5 Å². The molecular weight excluding hydrogens is 450 g/mol. The zero-order chi connectivity index (χ0) is 17.4. The van der Waals surface area contributed by atoms with Gasteiger partial charge < -0.3 is 10.6 Å². The zero-order valence-electron chi connectivity index (χ0n) is 14.7. The van der Waals surface area contributed by atoms with Crippen molar-refractivity contribution in [3.63, 3.8) is 0 Å². The van der Waals surface area contributed by atoms with Crippen LogP contribution in [0.1, 0.15) is 43.7 Å². The van der Waals surface area contributed by atoms with Crippen molar-refractivity contribution in [2.45, 2.75) is 50.4 Å². The van der Waals surface area contributed by atoms with E-state index in [9.17, 15) is 4.39 Å². The molecule has 2 atom stereocenters. The molecule has 1 saturated carbocycles. The Labute approximate surface area is 171 Å². The van der Waals surface area contributed by atoms with Crippen molar-refractivity contribution in [3.8, 4) is 6.07 Å². The van der Waals surface area contributed by atoms with E-state index in [4.69, 9.17) is 5.26 Å². The lowest BCUT2D eigenvalue weighted by atomic mass is 9.95. The lowest BCUT2D eigenvalue weighted by molar-refractivity contribution is 0.419. The fourth-order valence-corrected chi connectivity index (χ4v) is 3.74. The summed E-state index contributed by atoms with van der Waals surface area (Å²) in [7, 11) is 0. The fraction of sp³-hybridized carbons (Fsp3) is 0.556. The third kappa shape index (κ3) is 7.02. The number of nitrogens with one attached hydrogen (secondary N) is 2. The Morgan fingerprint density at radius 3 is 2.88 bits per heavy atom. The molecule has 0 saturated heterocycles. The van der Waals surface area contributed by atoms with Crippen molar-refractivity contribution in [2.75, 3.05) is 12.8 Å². The number of rotatable bonds is 5. The average Bonchev–Trinajstić information content (AvgIpc) is 2.60. The second-order valence-electron chi connectivity index (χ2n) is 5.98. The summed E-state index contributed by atoms with van der Waals surface area (Å²) >= 11 is 1.93. The second-order valence-corrected chi connectivity index (χ2v) is 7.12. The Balaban J connectivity index is 0.00000312. The van der Waals surface area contributed by atoms with Crippen LogP contribution < -0.4 is 10.6 Å². The van der Waals surface area contributed by atoms with Gasteiger partial charge in [-0.3, -0.25) is 0 Å². The Kier molecular flexibility index (Phi) is 10.2. The summed E-state index contributed by atoms with van der Waals surface area (Å²) in [5.41, 5.74) is 0.826. The SMILES string of the molecule is CCNC(=NCc1ccc(C#N)cc1F)NC1CCCC(SC)C1.I. The standard InChI is InChI=1S/C18H25FN4S.HI/c1-3-21-18(23-15-5-4-6-16(10-15)24-2)22-12-14-8-7-13(11-20)9-17(14)19;/h7-9,15-16H,3-6,10,12H2,1-2H3,(H2,21,22,23);1H. The molecule has 2 unspecified atom stereocenters. The molecule has 1 fully saturated rings. The van der Waals surface area contributed by atoms with Crippen molar-refractivity contribution in [3.05, 3.63) is 35.1 Å². The highest BCUT2D eigenvalue weighted by Gasteiger charge is 2.21. The third-order valence-corrected chi connectivity index (χ3v) is 5.33. The summed E-state index contributed by atoms with van der Waals surface area (Å²) < 4.78 is 14.0. The van der Waals surface area contributed by atoms with Gasteiger partial charge in [-0.25, -0.2) is 9.38 Å². The van der Waals surface area contributed by atoms with E-state index in [2.05, 4.69) is 21.9 Å². The van der Waals surface area contributed by atoms with E-state index in [1.165, 1.54) is 18.9 Å². The molecule has 0 bridgehead atoms. The molecule has 138 valence electrons. The molecule has 7 heteroatoms. The Hall–Kier alpha value is -1.01. The first-order valence-corrected chi connectivity index (χ1v) is 9.71. The number of hydrogen-bond donors (Lipinski definition) is 2. The maximum absolute atomic E-state index is 14.0. The first-order valence-electron chi connectivity index (χ1n) is 8.42. The van der Waals surface area contributed by atoms with E-state index in [1.54, 1.807) is 12.1 Å². The normalized spacial score (nSPS) is 20.3. The van der Waals surface area contributed by atoms with Gasteiger partial charge in [-0.05, 0) is 44.6 Å². The molecule has 1 aromatic rings. The van der Waals surface area contributed by atoms with Gasteiger partial charge in [0.2, 0.25) is 0 Å². The van der Waals surface area contributed by atoms with Gasteiger partial charge in [0.05, 0.1) is 18.2 Å². The Morgan fingerprint density at radius 2 is 2.24 bits per heavy atom. The molecule has 0 heterocycles. The van der Waals surface area contributed by atoms with Gasteiger partial charge in [-0.15, -0.1) is 24.0 Å². The summed E-state index contributed by atoms with van der Waals surface area (Å²) in [6.45, 7) is 3.04. The minimum absolute atomic E-state index is 0. The lowest BCUT2D eigenvalue weighted by Crippen LogP contribution is -2.45. The van der Waals surface area contributed by atoms with Gasteiger partial charge in [0.15, 0.2) is 5.96 Å². The van der Waals surface area contributed by atoms with E-state index >= 15 is 0 Å². The van der Waals surface area contributed by atoms with Crippen LogP contribution in [0.3, 0.4) is 0 Å². The molecule has 4 nitrogen and oxygen atoms in total. The smallest absolute Gasteiger partial charge is 0.191 e. The van der Waals surface area contributed by atoms with E-state index < -0.39 is 0 Å². The molecule has 2 N–H and O–H groups in total. The molecule has 0 amide bonds. The average molecular weight is 476 g/mol. The third-order valence-electron chi connectivity index (χ3n) is 4.23. The van der Waals surface area contributed by atoms with Crippen LogP contribution in [0.2, 0.25) is 0 Å².